The second-order valence-corrected chi connectivity index (χ2v) is 3.11. The lowest BCUT2D eigenvalue weighted by atomic mass is 10.1. The first-order chi connectivity index (χ1) is 6.31. The van der Waals surface area contributed by atoms with Gasteiger partial charge < -0.3 is 5.73 Å². The van der Waals surface area contributed by atoms with E-state index in [0.29, 0.717) is 0 Å². The Labute approximate surface area is 82.5 Å². The third-order valence-electron chi connectivity index (χ3n) is 1.58. The topological polar surface area (TPSA) is 26.0 Å². The fraction of sp³-hybridized carbons (Fsp3) is 0.250. The van der Waals surface area contributed by atoms with Crippen LogP contribution in [0.3, 0.4) is 0 Å². The van der Waals surface area contributed by atoms with Crippen LogP contribution in [-0.2, 0) is 6.42 Å². The molecule has 0 fully saturated rings. The van der Waals surface area contributed by atoms with Gasteiger partial charge in [-0.15, -0.1) is 0 Å². The standard InChI is InChI=1S/C8H6ClF4N/c9-6-4(3-8(11,12)13)1-2-5(14)7(6)10/h1-2H,3,14H2. The number of benzene rings is 1. The minimum absolute atomic E-state index is 0.263. The quantitative estimate of drug-likeness (QED) is 0.579. The fourth-order valence-corrected chi connectivity index (χ4v) is 1.20. The van der Waals surface area contributed by atoms with E-state index in [0.717, 1.165) is 12.1 Å². The van der Waals surface area contributed by atoms with E-state index in [1.54, 1.807) is 0 Å². The van der Waals surface area contributed by atoms with Crippen molar-refractivity contribution in [2.24, 2.45) is 0 Å². The van der Waals surface area contributed by atoms with E-state index in [1.807, 2.05) is 0 Å². The number of nitrogens with two attached hydrogens (primary N) is 1. The molecule has 0 saturated heterocycles. The summed E-state index contributed by atoms with van der Waals surface area (Å²) in [5.74, 6) is -1.01. The van der Waals surface area contributed by atoms with E-state index < -0.39 is 23.4 Å². The van der Waals surface area contributed by atoms with Gasteiger partial charge >= 0.3 is 6.18 Å². The molecule has 0 radical (unpaired) electrons. The summed E-state index contributed by atoms with van der Waals surface area (Å²) >= 11 is 5.35. The minimum Gasteiger partial charge on any atom is -0.396 e. The number of alkyl halides is 3. The molecule has 0 bridgehead atoms. The lowest BCUT2D eigenvalue weighted by Gasteiger charge is -2.09. The predicted molar refractivity (Wildman–Crippen MR) is 45.6 cm³/mol. The van der Waals surface area contributed by atoms with Gasteiger partial charge in [-0.25, -0.2) is 4.39 Å². The number of halogens is 5. The Bertz CT molecular complexity index is 348. The maximum absolute atomic E-state index is 12.9. The van der Waals surface area contributed by atoms with Crippen molar-refractivity contribution in [3.63, 3.8) is 0 Å². The van der Waals surface area contributed by atoms with Crippen LogP contribution in [0, 0.1) is 5.82 Å². The molecule has 0 atom stereocenters. The summed E-state index contributed by atoms with van der Waals surface area (Å²) in [4.78, 5) is 0. The van der Waals surface area contributed by atoms with Gasteiger partial charge in [0.05, 0.1) is 17.1 Å². The molecule has 0 spiro atoms. The van der Waals surface area contributed by atoms with Crippen molar-refractivity contribution < 1.29 is 17.6 Å². The summed E-state index contributed by atoms with van der Waals surface area (Å²) in [6.07, 6.45) is -5.67. The lowest BCUT2D eigenvalue weighted by molar-refractivity contribution is -0.127. The zero-order valence-electron chi connectivity index (χ0n) is 6.83. The zero-order valence-corrected chi connectivity index (χ0v) is 7.58. The second-order valence-electron chi connectivity index (χ2n) is 2.73. The van der Waals surface area contributed by atoms with E-state index in [9.17, 15) is 17.6 Å². The van der Waals surface area contributed by atoms with Gasteiger partial charge in [-0.2, -0.15) is 13.2 Å². The maximum atomic E-state index is 12.9. The van der Waals surface area contributed by atoms with Gasteiger partial charge in [-0.3, -0.25) is 0 Å². The Kier molecular flexibility index (Phi) is 2.89. The predicted octanol–water partition coefficient (Wildman–Crippen LogP) is 3.17. The maximum Gasteiger partial charge on any atom is 0.393 e. The van der Waals surface area contributed by atoms with Crippen LogP contribution < -0.4 is 5.73 Å². The van der Waals surface area contributed by atoms with Gasteiger partial charge in [0.25, 0.3) is 0 Å². The summed E-state index contributed by atoms with van der Waals surface area (Å²) in [7, 11) is 0. The van der Waals surface area contributed by atoms with E-state index in [1.165, 1.54) is 0 Å². The van der Waals surface area contributed by atoms with Crippen molar-refractivity contribution in [2.45, 2.75) is 12.6 Å². The van der Waals surface area contributed by atoms with Crippen LogP contribution in [0.1, 0.15) is 5.56 Å². The highest BCUT2D eigenvalue weighted by Crippen LogP contribution is 2.30. The smallest absolute Gasteiger partial charge is 0.393 e. The van der Waals surface area contributed by atoms with Crippen molar-refractivity contribution in [1.82, 2.24) is 0 Å². The molecule has 0 aromatic heterocycles. The van der Waals surface area contributed by atoms with Crippen LogP contribution in [-0.4, -0.2) is 6.18 Å². The molecule has 1 nitrogen and oxygen atoms in total. The first-order valence-corrected chi connectivity index (χ1v) is 3.98. The Balaban J connectivity index is 3.06. The molecule has 6 heteroatoms. The monoisotopic (exact) mass is 227 g/mol. The molecular weight excluding hydrogens is 222 g/mol. The van der Waals surface area contributed by atoms with Crippen LogP contribution in [0.4, 0.5) is 23.2 Å². The van der Waals surface area contributed by atoms with E-state index >= 15 is 0 Å². The molecule has 1 aromatic rings. The Morgan fingerprint density at radius 1 is 1.29 bits per heavy atom. The highest BCUT2D eigenvalue weighted by molar-refractivity contribution is 6.31. The Hall–Kier alpha value is -0.970. The molecule has 1 rings (SSSR count). The average Bonchev–Trinajstić information content (AvgIpc) is 2.04. The molecule has 78 valence electrons. The normalized spacial score (nSPS) is 11.8. The Morgan fingerprint density at radius 2 is 1.86 bits per heavy atom. The number of hydrogen-bond donors (Lipinski definition) is 1. The van der Waals surface area contributed by atoms with Crippen molar-refractivity contribution in [1.29, 1.82) is 0 Å². The van der Waals surface area contributed by atoms with E-state index in [2.05, 4.69) is 0 Å². The van der Waals surface area contributed by atoms with Gasteiger partial charge in [0, 0.05) is 0 Å². The van der Waals surface area contributed by atoms with Crippen LogP contribution in [0.15, 0.2) is 12.1 Å². The molecule has 14 heavy (non-hydrogen) atoms. The zero-order chi connectivity index (χ0) is 10.9. The second kappa shape index (κ2) is 3.65. The highest BCUT2D eigenvalue weighted by Gasteiger charge is 2.29. The summed E-state index contributed by atoms with van der Waals surface area (Å²) in [6, 6.07) is 2.12. The van der Waals surface area contributed by atoms with Crippen LogP contribution in [0.25, 0.3) is 0 Å². The number of nitrogen functional groups attached to an aromatic ring is 1. The lowest BCUT2D eigenvalue weighted by Crippen LogP contribution is -2.12. The van der Waals surface area contributed by atoms with Crippen LogP contribution >= 0.6 is 11.6 Å². The van der Waals surface area contributed by atoms with Crippen molar-refractivity contribution >= 4 is 17.3 Å². The summed E-state index contributed by atoms with van der Waals surface area (Å²) in [6.45, 7) is 0. The summed E-state index contributed by atoms with van der Waals surface area (Å²) < 4.78 is 48.8. The van der Waals surface area contributed by atoms with Crippen molar-refractivity contribution in [3.05, 3.63) is 28.5 Å². The molecule has 2 N–H and O–H groups in total. The molecule has 0 unspecified atom stereocenters. The van der Waals surface area contributed by atoms with E-state index in [-0.39, 0.29) is 11.3 Å². The van der Waals surface area contributed by atoms with Gasteiger partial charge in [0.1, 0.15) is 0 Å². The Morgan fingerprint density at radius 3 is 2.36 bits per heavy atom. The van der Waals surface area contributed by atoms with Crippen LogP contribution in [0.5, 0.6) is 0 Å². The molecule has 0 aliphatic carbocycles. The first kappa shape index (κ1) is 11.1. The molecule has 0 amide bonds. The number of anilines is 1. The molecule has 1 aromatic carbocycles. The third-order valence-corrected chi connectivity index (χ3v) is 1.99. The van der Waals surface area contributed by atoms with Gasteiger partial charge in [0.15, 0.2) is 5.82 Å². The average molecular weight is 228 g/mol. The largest absolute Gasteiger partial charge is 0.396 e. The van der Waals surface area contributed by atoms with Gasteiger partial charge in [-0.05, 0) is 11.6 Å². The molecule has 0 heterocycles. The highest BCUT2D eigenvalue weighted by atomic mass is 35.5. The molecule has 0 saturated carbocycles. The third kappa shape index (κ3) is 2.51. The van der Waals surface area contributed by atoms with Crippen molar-refractivity contribution in [2.75, 3.05) is 5.73 Å². The number of hydrogen-bond acceptors (Lipinski definition) is 1. The van der Waals surface area contributed by atoms with Crippen molar-refractivity contribution in [3.8, 4) is 0 Å². The van der Waals surface area contributed by atoms with Gasteiger partial charge in [0.2, 0.25) is 0 Å². The minimum atomic E-state index is -4.41. The molecule has 0 aliphatic heterocycles. The number of rotatable bonds is 1. The first-order valence-electron chi connectivity index (χ1n) is 3.60. The SMILES string of the molecule is Nc1ccc(CC(F)(F)F)c(Cl)c1F. The molecular formula is C8H6ClF4N. The summed E-state index contributed by atoms with van der Waals surface area (Å²) in [5, 5.41) is -0.567. The summed E-state index contributed by atoms with van der Waals surface area (Å²) in [5.41, 5.74) is 4.54. The molecule has 0 aliphatic rings. The van der Waals surface area contributed by atoms with Crippen LogP contribution in [0.2, 0.25) is 5.02 Å². The fourth-order valence-electron chi connectivity index (χ4n) is 0.957. The van der Waals surface area contributed by atoms with E-state index in [4.69, 9.17) is 17.3 Å². The van der Waals surface area contributed by atoms with Gasteiger partial charge in [-0.1, -0.05) is 17.7 Å².